The van der Waals surface area contributed by atoms with Crippen LogP contribution in [-0.2, 0) is 11.3 Å². The third-order valence-corrected chi connectivity index (χ3v) is 3.60. The lowest BCUT2D eigenvalue weighted by Gasteiger charge is -2.22. The van der Waals surface area contributed by atoms with Gasteiger partial charge in [0.25, 0.3) is 5.91 Å². The maximum Gasteiger partial charge on any atom is 0.255 e. The Bertz CT molecular complexity index is 581. The third kappa shape index (κ3) is 4.60. The van der Waals surface area contributed by atoms with Crippen LogP contribution in [0, 0.1) is 0 Å². The zero-order chi connectivity index (χ0) is 15.9. The summed E-state index contributed by atoms with van der Waals surface area (Å²) < 4.78 is 7.17. The molecule has 2 atom stereocenters. The Morgan fingerprint density at radius 3 is 2.68 bits per heavy atom. The van der Waals surface area contributed by atoms with Crippen molar-refractivity contribution in [2.24, 2.45) is 5.73 Å². The van der Waals surface area contributed by atoms with E-state index in [0.29, 0.717) is 5.75 Å². The number of hydrogen-bond acceptors (Lipinski definition) is 4. The van der Waals surface area contributed by atoms with Gasteiger partial charge >= 0.3 is 0 Å². The lowest BCUT2D eigenvalue weighted by atomic mass is 10.1. The van der Waals surface area contributed by atoms with E-state index in [2.05, 4.69) is 24.3 Å². The average molecular weight is 302 g/mol. The molecule has 0 bridgehead atoms. The van der Waals surface area contributed by atoms with Crippen molar-refractivity contribution in [3.05, 3.63) is 48.3 Å². The predicted molar refractivity (Wildman–Crippen MR) is 84.4 cm³/mol. The molecule has 0 saturated carbocycles. The fourth-order valence-corrected chi connectivity index (χ4v) is 2.06. The van der Waals surface area contributed by atoms with Crippen LogP contribution in [0.1, 0.15) is 25.5 Å². The molecule has 0 aliphatic rings. The maximum absolute atomic E-state index is 10.7. The monoisotopic (exact) mass is 302 g/mol. The van der Waals surface area contributed by atoms with Crippen molar-refractivity contribution in [1.29, 1.82) is 0 Å². The van der Waals surface area contributed by atoms with Gasteiger partial charge in [-0.3, -0.25) is 9.48 Å². The highest BCUT2D eigenvalue weighted by atomic mass is 16.5. The third-order valence-electron chi connectivity index (χ3n) is 3.60. The van der Waals surface area contributed by atoms with Crippen LogP contribution >= 0.6 is 0 Å². The minimum Gasteiger partial charge on any atom is -0.484 e. The predicted octanol–water partition coefficient (Wildman–Crippen LogP) is 1.49. The van der Waals surface area contributed by atoms with E-state index in [1.165, 1.54) is 0 Å². The molecule has 1 aromatic heterocycles. The number of amides is 1. The van der Waals surface area contributed by atoms with Crippen molar-refractivity contribution in [2.45, 2.75) is 32.5 Å². The first-order chi connectivity index (χ1) is 10.6. The molecule has 0 spiro atoms. The molecule has 0 aliphatic carbocycles. The summed E-state index contributed by atoms with van der Waals surface area (Å²) in [6.45, 7) is 4.92. The van der Waals surface area contributed by atoms with Gasteiger partial charge in [0.15, 0.2) is 6.61 Å². The number of hydrogen-bond donors (Lipinski definition) is 2. The van der Waals surface area contributed by atoms with E-state index in [4.69, 9.17) is 10.5 Å². The number of carbonyl (C=O) groups is 1. The van der Waals surface area contributed by atoms with Crippen LogP contribution in [0.2, 0.25) is 0 Å². The summed E-state index contributed by atoms with van der Waals surface area (Å²) in [6.07, 6.45) is 3.75. The molecule has 0 radical (unpaired) electrons. The molecule has 118 valence electrons. The first-order valence-electron chi connectivity index (χ1n) is 7.29. The molecule has 22 heavy (non-hydrogen) atoms. The second-order valence-corrected chi connectivity index (χ2v) is 5.30. The molecule has 3 N–H and O–H groups in total. The molecule has 1 heterocycles. The molecule has 0 aliphatic heterocycles. The van der Waals surface area contributed by atoms with Crippen molar-refractivity contribution in [1.82, 2.24) is 15.1 Å². The number of ether oxygens (including phenoxy) is 1. The lowest BCUT2D eigenvalue weighted by molar-refractivity contribution is -0.119. The summed E-state index contributed by atoms with van der Waals surface area (Å²) in [4.78, 5) is 10.7. The fourth-order valence-electron chi connectivity index (χ4n) is 2.06. The van der Waals surface area contributed by atoms with Gasteiger partial charge in [0.1, 0.15) is 5.75 Å². The molecule has 0 saturated heterocycles. The van der Waals surface area contributed by atoms with Crippen molar-refractivity contribution in [2.75, 3.05) is 6.61 Å². The average Bonchev–Trinajstić information content (AvgIpc) is 3.05. The van der Waals surface area contributed by atoms with Crippen LogP contribution in [0.25, 0.3) is 0 Å². The summed E-state index contributed by atoms with van der Waals surface area (Å²) in [5.41, 5.74) is 6.18. The first kappa shape index (κ1) is 16.0. The van der Waals surface area contributed by atoms with E-state index in [9.17, 15) is 4.79 Å². The molecule has 0 fully saturated rings. The van der Waals surface area contributed by atoms with Crippen molar-refractivity contribution in [3.8, 4) is 5.75 Å². The summed E-state index contributed by atoms with van der Waals surface area (Å²) in [7, 11) is 0. The molecular formula is C16H22N4O2. The summed E-state index contributed by atoms with van der Waals surface area (Å²) in [5.74, 6) is 0.160. The van der Waals surface area contributed by atoms with Gasteiger partial charge in [-0.05, 0) is 37.6 Å². The molecular weight excluding hydrogens is 280 g/mol. The van der Waals surface area contributed by atoms with Gasteiger partial charge < -0.3 is 15.8 Å². The van der Waals surface area contributed by atoms with E-state index in [0.717, 1.165) is 12.1 Å². The molecule has 0 unspecified atom stereocenters. The van der Waals surface area contributed by atoms with E-state index in [-0.39, 0.29) is 18.7 Å². The quantitative estimate of drug-likeness (QED) is 0.774. The van der Waals surface area contributed by atoms with E-state index < -0.39 is 5.91 Å². The van der Waals surface area contributed by atoms with E-state index >= 15 is 0 Å². The Kier molecular flexibility index (Phi) is 5.55. The number of rotatable bonds is 8. The highest BCUT2D eigenvalue weighted by molar-refractivity contribution is 5.75. The minimum absolute atomic E-state index is 0.101. The Morgan fingerprint density at radius 2 is 2.09 bits per heavy atom. The summed E-state index contributed by atoms with van der Waals surface area (Å²) in [5, 5.41) is 7.74. The topological polar surface area (TPSA) is 82.2 Å². The minimum atomic E-state index is -0.479. The number of carbonyl (C=O) groups excluding carboxylic acids is 1. The Labute approximate surface area is 130 Å². The Hall–Kier alpha value is -2.34. The molecule has 1 aromatic carbocycles. The van der Waals surface area contributed by atoms with Gasteiger partial charge in [0.2, 0.25) is 0 Å². The smallest absolute Gasteiger partial charge is 0.255 e. The number of nitrogens with zero attached hydrogens (tertiary/aromatic N) is 2. The fraction of sp³-hybridized carbons (Fsp3) is 0.375. The van der Waals surface area contributed by atoms with E-state index in [1.807, 2.05) is 41.2 Å². The lowest BCUT2D eigenvalue weighted by Crippen LogP contribution is -2.33. The molecule has 2 aromatic rings. The maximum atomic E-state index is 10.7. The second-order valence-electron chi connectivity index (χ2n) is 5.30. The van der Waals surface area contributed by atoms with Crippen LogP contribution in [0.5, 0.6) is 5.75 Å². The van der Waals surface area contributed by atoms with Crippen LogP contribution in [0.15, 0.2) is 42.7 Å². The normalized spacial score (nSPS) is 13.5. The number of primary amides is 1. The van der Waals surface area contributed by atoms with Crippen molar-refractivity contribution < 1.29 is 9.53 Å². The summed E-state index contributed by atoms with van der Waals surface area (Å²) in [6, 6.07) is 10.1. The molecule has 2 rings (SSSR count). The van der Waals surface area contributed by atoms with Gasteiger partial charge in [-0.2, -0.15) is 5.10 Å². The second kappa shape index (κ2) is 7.61. The van der Waals surface area contributed by atoms with Crippen LogP contribution in [0.3, 0.4) is 0 Å². The zero-order valence-electron chi connectivity index (χ0n) is 12.9. The van der Waals surface area contributed by atoms with Gasteiger partial charge in [0.05, 0.1) is 6.04 Å². The Balaban J connectivity index is 1.82. The van der Waals surface area contributed by atoms with Crippen molar-refractivity contribution in [3.63, 3.8) is 0 Å². The molecule has 6 nitrogen and oxygen atoms in total. The van der Waals surface area contributed by atoms with E-state index in [1.54, 1.807) is 6.20 Å². The number of nitrogens with two attached hydrogens (primary N) is 1. The van der Waals surface area contributed by atoms with Gasteiger partial charge in [-0.25, -0.2) is 0 Å². The van der Waals surface area contributed by atoms with Gasteiger partial charge in [-0.1, -0.05) is 12.1 Å². The summed E-state index contributed by atoms with van der Waals surface area (Å²) >= 11 is 0. The zero-order valence-corrected chi connectivity index (χ0v) is 12.9. The number of aromatic nitrogens is 2. The van der Waals surface area contributed by atoms with Gasteiger partial charge in [0, 0.05) is 25.0 Å². The Morgan fingerprint density at radius 1 is 1.36 bits per heavy atom. The molecule has 1 amide bonds. The first-order valence-corrected chi connectivity index (χ1v) is 7.29. The molecule has 6 heteroatoms. The highest BCUT2D eigenvalue weighted by Crippen LogP contribution is 2.13. The van der Waals surface area contributed by atoms with Gasteiger partial charge in [-0.15, -0.1) is 0 Å². The number of nitrogens with one attached hydrogen (secondary N) is 1. The van der Waals surface area contributed by atoms with Crippen LogP contribution in [-0.4, -0.2) is 28.3 Å². The highest BCUT2D eigenvalue weighted by Gasteiger charge is 2.13. The van der Waals surface area contributed by atoms with Crippen molar-refractivity contribution >= 4 is 5.91 Å². The largest absolute Gasteiger partial charge is 0.484 e. The van der Waals surface area contributed by atoms with Crippen LogP contribution < -0.4 is 15.8 Å². The standard InChI is InChI=1S/C16H22N4O2/c1-12(13(2)20-9-3-8-19-20)18-10-14-4-6-15(7-5-14)22-11-16(17)21/h3-9,12-13,18H,10-11H2,1-2H3,(H2,17,21)/t12-,13-/m1/s1. The SMILES string of the molecule is C[C@H]([C@@H](C)NCc1ccc(OCC(N)=O)cc1)n1cccn1. The van der Waals surface area contributed by atoms with Crippen LogP contribution in [0.4, 0.5) is 0 Å². The number of benzene rings is 1.